The number of thioether (sulfide) groups is 1. The lowest BCUT2D eigenvalue weighted by molar-refractivity contribution is -0.384. The number of carbonyl (C=O) groups excluding carboxylic acids is 2. The summed E-state index contributed by atoms with van der Waals surface area (Å²) in [5.41, 5.74) is 9.05. The Morgan fingerprint density at radius 2 is 1.68 bits per heavy atom. The van der Waals surface area contributed by atoms with E-state index >= 15 is 0 Å². The van der Waals surface area contributed by atoms with Crippen molar-refractivity contribution in [2.24, 2.45) is 5.73 Å². The quantitative estimate of drug-likeness (QED) is 0.115. The normalized spacial score (nSPS) is 15.0. The summed E-state index contributed by atoms with van der Waals surface area (Å²) in [6, 6.07) is 15.4. The van der Waals surface area contributed by atoms with E-state index in [0.29, 0.717) is 40.6 Å². The Morgan fingerprint density at radius 3 is 2.23 bits per heavy atom. The number of esters is 2. The lowest BCUT2D eigenvalue weighted by Gasteiger charge is -2.31. The van der Waals surface area contributed by atoms with Crippen LogP contribution in [0.1, 0.15) is 36.9 Å². The van der Waals surface area contributed by atoms with Gasteiger partial charge in [0.15, 0.2) is 0 Å². The topological polar surface area (TPSA) is 208 Å². The Labute approximate surface area is 257 Å². The number of carbonyl (C=O) groups is 4. The van der Waals surface area contributed by atoms with Gasteiger partial charge in [-0.05, 0) is 25.0 Å². The molecule has 2 unspecified atom stereocenters. The van der Waals surface area contributed by atoms with E-state index in [-0.39, 0.29) is 29.5 Å². The summed E-state index contributed by atoms with van der Waals surface area (Å²) in [6.45, 7) is 3.52. The van der Waals surface area contributed by atoms with Crippen LogP contribution in [0.2, 0.25) is 0 Å². The number of non-ortho nitro benzene ring substituents is 1. The molecule has 234 valence electrons. The van der Waals surface area contributed by atoms with E-state index in [2.05, 4.69) is 5.32 Å². The fourth-order valence-corrected chi connectivity index (χ4v) is 5.21. The molecule has 3 rings (SSSR count). The van der Waals surface area contributed by atoms with Crippen LogP contribution in [0.5, 0.6) is 0 Å². The molecule has 44 heavy (non-hydrogen) atoms. The van der Waals surface area contributed by atoms with Crippen LogP contribution >= 0.6 is 11.8 Å². The number of allylic oxidation sites excluding steroid dienone is 1. The van der Waals surface area contributed by atoms with Crippen molar-refractivity contribution in [1.82, 2.24) is 5.32 Å². The van der Waals surface area contributed by atoms with Gasteiger partial charge in [-0.15, -0.1) is 0 Å². The molecular weight excluding hydrogens is 594 g/mol. The van der Waals surface area contributed by atoms with E-state index in [0.717, 1.165) is 5.56 Å². The predicted octanol–water partition coefficient (Wildman–Crippen LogP) is 3.69. The number of methoxy groups -OCH3 is 1. The second-order valence-corrected chi connectivity index (χ2v) is 10.1. The van der Waals surface area contributed by atoms with Crippen LogP contribution in [0, 0.1) is 10.1 Å². The Kier molecular flexibility index (Phi) is 13.8. The minimum absolute atomic E-state index is 0.125. The molecule has 2 aromatic rings. The standard InChI is InChI=1S/C26H29N3O6S.C4H4O4/c1-4-35-26(31)24-21(15-36-14-20(27)17-9-6-5-7-10-17)28-16(2)22(25(30)34-3)23(24)18-11-8-12-19(13-18)29(32)33;5-3(6)1-2-4(7)8/h5-13,20,23,28H,4,14-15,27H2,1-3H3;1-2H,(H,5,6)(H,7,8). The number of hydrogen-bond acceptors (Lipinski definition) is 11. The van der Waals surface area contributed by atoms with Gasteiger partial charge in [0.1, 0.15) is 0 Å². The van der Waals surface area contributed by atoms with Crippen molar-refractivity contribution in [3.05, 3.63) is 111 Å². The first-order chi connectivity index (χ1) is 20.9. The number of ether oxygens (including phenoxy) is 2. The van der Waals surface area contributed by atoms with Gasteiger partial charge in [-0.25, -0.2) is 19.2 Å². The van der Waals surface area contributed by atoms with Crippen molar-refractivity contribution in [1.29, 1.82) is 0 Å². The number of nitro groups is 1. The van der Waals surface area contributed by atoms with E-state index in [4.69, 9.17) is 25.4 Å². The van der Waals surface area contributed by atoms with Crippen molar-refractivity contribution >= 4 is 41.3 Å². The summed E-state index contributed by atoms with van der Waals surface area (Å²) in [5.74, 6) is -3.71. The SMILES string of the molecule is CCOC(=O)C1=C(CSCC(N)c2ccccc2)NC(C)=C(C(=O)OC)C1c1cccc([N+](=O)[O-])c1.O=C(O)C=CC(=O)O. The molecule has 5 N–H and O–H groups in total. The van der Waals surface area contributed by atoms with Gasteiger partial charge in [-0.3, -0.25) is 10.1 Å². The molecule has 1 heterocycles. The molecule has 0 bridgehead atoms. The molecule has 2 atom stereocenters. The van der Waals surface area contributed by atoms with Gasteiger partial charge in [0.25, 0.3) is 5.69 Å². The monoisotopic (exact) mass is 627 g/mol. The highest BCUT2D eigenvalue weighted by molar-refractivity contribution is 7.99. The molecule has 0 radical (unpaired) electrons. The Morgan fingerprint density at radius 1 is 1.05 bits per heavy atom. The second-order valence-electron chi connectivity index (χ2n) is 9.10. The van der Waals surface area contributed by atoms with Crippen LogP contribution in [0.3, 0.4) is 0 Å². The summed E-state index contributed by atoms with van der Waals surface area (Å²) in [7, 11) is 1.25. The summed E-state index contributed by atoms with van der Waals surface area (Å²) in [5, 5.41) is 30.3. The maximum absolute atomic E-state index is 13.2. The van der Waals surface area contributed by atoms with Crippen molar-refractivity contribution in [2.45, 2.75) is 25.8 Å². The van der Waals surface area contributed by atoms with Crippen LogP contribution in [0.4, 0.5) is 5.69 Å². The van der Waals surface area contributed by atoms with Crippen LogP contribution in [-0.4, -0.2) is 64.2 Å². The molecule has 0 fully saturated rings. The van der Waals surface area contributed by atoms with Gasteiger partial charge in [-0.2, -0.15) is 11.8 Å². The number of hydrogen-bond donors (Lipinski definition) is 4. The molecular formula is C30H33N3O10S. The number of rotatable bonds is 12. The van der Waals surface area contributed by atoms with E-state index in [1.807, 2.05) is 30.3 Å². The molecule has 0 saturated carbocycles. The number of nitro benzene ring substituents is 1. The van der Waals surface area contributed by atoms with Gasteiger partial charge >= 0.3 is 23.9 Å². The molecule has 14 heteroatoms. The number of nitrogens with two attached hydrogens (primary N) is 1. The highest BCUT2D eigenvalue weighted by Crippen LogP contribution is 2.41. The third kappa shape index (κ3) is 10.1. The van der Waals surface area contributed by atoms with Crippen LogP contribution in [0.25, 0.3) is 0 Å². The number of carboxylic acid groups (broad SMARTS) is 2. The third-order valence-corrected chi connectivity index (χ3v) is 7.19. The molecule has 0 aromatic heterocycles. The zero-order chi connectivity index (χ0) is 32.8. The van der Waals surface area contributed by atoms with Crippen molar-refractivity contribution in [3.63, 3.8) is 0 Å². The average Bonchev–Trinajstić information content (AvgIpc) is 3.00. The largest absolute Gasteiger partial charge is 0.478 e. The first-order valence-electron chi connectivity index (χ1n) is 13.1. The van der Waals surface area contributed by atoms with Gasteiger partial charge in [0.2, 0.25) is 0 Å². The van der Waals surface area contributed by atoms with Crippen LogP contribution in [0.15, 0.2) is 89.3 Å². The summed E-state index contributed by atoms with van der Waals surface area (Å²) >= 11 is 1.52. The fourth-order valence-electron chi connectivity index (χ4n) is 4.22. The number of carboxylic acids is 2. The first kappa shape index (κ1) is 35.2. The van der Waals surface area contributed by atoms with E-state index in [1.54, 1.807) is 19.9 Å². The molecule has 1 aliphatic rings. The molecule has 13 nitrogen and oxygen atoms in total. The summed E-state index contributed by atoms with van der Waals surface area (Å²) in [4.78, 5) is 56.1. The van der Waals surface area contributed by atoms with Crippen molar-refractivity contribution in [3.8, 4) is 0 Å². The smallest absolute Gasteiger partial charge is 0.336 e. The number of aliphatic carboxylic acids is 2. The van der Waals surface area contributed by atoms with E-state index < -0.39 is 34.7 Å². The Bertz CT molecular complexity index is 1450. The summed E-state index contributed by atoms with van der Waals surface area (Å²) in [6.07, 6.45) is 1.12. The first-order valence-corrected chi connectivity index (χ1v) is 14.3. The number of benzene rings is 2. The zero-order valence-corrected chi connectivity index (χ0v) is 25.0. The van der Waals surface area contributed by atoms with E-state index in [1.165, 1.54) is 37.1 Å². The second kappa shape index (κ2) is 17.2. The number of dihydropyridines is 1. The fraction of sp³-hybridized carbons (Fsp3) is 0.267. The van der Waals surface area contributed by atoms with Crippen LogP contribution in [-0.2, 0) is 28.7 Å². The molecule has 0 spiro atoms. The van der Waals surface area contributed by atoms with Gasteiger partial charge < -0.3 is 30.7 Å². The van der Waals surface area contributed by atoms with Gasteiger partial charge in [0.05, 0.1) is 35.7 Å². The van der Waals surface area contributed by atoms with Crippen molar-refractivity contribution < 1.29 is 43.8 Å². The molecule has 2 aromatic carbocycles. The lowest BCUT2D eigenvalue weighted by Crippen LogP contribution is -2.34. The highest BCUT2D eigenvalue weighted by Gasteiger charge is 2.39. The average molecular weight is 628 g/mol. The highest BCUT2D eigenvalue weighted by atomic mass is 32.2. The van der Waals surface area contributed by atoms with Gasteiger partial charge in [0, 0.05) is 53.2 Å². The molecule has 0 saturated heterocycles. The summed E-state index contributed by atoms with van der Waals surface area (Å²) < 4.78 is 10.4. The zero-order valence-electron chi connectivity index (χ0n) is 24.2. The van der Waals surface area contributed by atoms with Gasteiger partial charge in [-0.1, -0.05) is 42.5 Å². The number of nitrogens with zero attached hydrogens (tertiary/aromatic N) is 1. The Hall–Kier alpha value is -4.95. The molecule has 0 amide bonds. The van der Waals surface area contributed by atoms with Crippen LogP contribution < -0.4 is 11.1 Å². The molecule has 0 aliphatic carbocycles. The third-order valence-electron chi connectivity index (χ3n) is 6.10. The predicted molar refractivity (Wildman–Crippen MR) is 162 cm³/mol. The lowest BCUT2D eigenvalue weighted by atomic mass is 9.80. The minimum Gasteiger partial charge on any atom is -0.478 e. The molecule has 1 aliphatic heterocycles. The van der Waals surface area contributed by atoms with Crippen molar-refractivity contribution in [2.75, 3.05) is 25.2 Å². The minimum atomic E-state index is -1.26. The Balaban J connectivity index is 0.000000742. The maximum atomic E-state index is 13.2. The van der Waals surface area contributed by atoms with E-state index in [9.17, 15) is 29.3 Å². The number of nitrogens with one attached hydrogen (secondary N) is 1. The maximum Gasteiger partial charge on any atom is 0.336 e.